The molecule has 0 heterocycles. The number of benzene rings is 1. The zero-order chi connectivity index (χ0) is 11.4. The fraction of sp³-hybridized carbons (Fsp3) is 0.400. The number of halogens is 3. The second-order valence-electron chi connectivity index (χ2n) is 2.97. The van der Waals surface area contributed by atoms with Crippen molar-refractivity contribution in [3.8, 4) is 5.75 Å². The van der Waals surface area contributed by atoms with Gasteiger partial charge in [-0.25, -0.2) is 13.2 Å². The lowest BCUT2D eigenvalue weighted by Gasteiger charge is -2.10. The molecule has 5 heteroatoms. The molecule has 1 N–H and O–H groups in total. The molecule has 0 atom stereocenters. The van der Waals surface area contributed by atoms with Crippen LogP contribution in [-0.4, -0.2) is 11.7 Å². The Labute approximate surface area is 85.3 Å². The third-order valence-corrected chi connectivity index (χ3v) is 1.83. The van der Waals surface area contributed by atoms with E-state index in [1.54, 1.807) is 6.92 Å². The van der Waals surface area contributed by atoms with E-state index in [-0.39, 0.29) is 6.61 Å². The highest BCUT2D eigenvalue weighted by atomic mass is 19.1. The number of aliphatic hydroxyl groups excluding tert-OH is 1. The first kappa shape index (κ1) is 11.8. The van der Waals surface area contributed by atoms with Gasteiger partial charge in [-0.15, -0.1) is 0 Å². The summed E-state index contributed by atoms with van der Waals surface area (Å²) in [6.07, 6.45) is 0.574. The minimum Gasteiger partial charge on any atom is -0.488 e. The molecule has 0 spiro atoms. The third-order valence-electron chi connectivity index (χ3n) is 1.83. The number of hydrogen-bond acceptors (Lipinski definition) is 2. The lowest BCUT2D eigenvalue weighted by Crippen LogP contribution is -2.05. The van der Waals surface area contributed by atoms with E-state index in [9.17, 15) is 13.2 Å². The van der Waals surface area contributed by atoms with Gasteiger partial charge in [-0.3, -0.25) is 0 Å². The van der Waals surface area contributed by atoms with Gasteiger partial charge in [0.25, 0.3) is 0 Å². The van der Waals surface area contributed by atoms with Crippen molar-refractivity contribution in [2.24, 2.45) is 0 Å². The fourth-order valence-corrected chi connectivity index (χ4v) is 1.09. The summed E-state index contributed by atoms with van der Waals surface area (Å²) in [5.41, 5.74) is -0.581. The molecule has 0 aliphatic rings. The normalized spacial score (nSPS) is 10.5. The van der Waals surface area contributed by atoms with Crippen molar-refractivity contribution in [3.63, 3.8) is 0 Å². The molecule has 0 fully saturated rings. The number of hydrogen-bond donors (Lipinski definition) is 1. The van der Waals surface area contributed by atoms with Crippen LogP contribution in [0.3, 0.4) is 0 Å². The number of ether oxygens (including phenoxy) is 1. The summed E-state index contributed by atoms with van der Waals surface area (Å²) < 4.78 is 44.1. The Hall–Kier alpha value is -1.23. The average molecular weight is 220 g/mol. The molecular formula is C10H11F3O2. The Balaban J connectivity index is 3.14. The summed E-state index contributed by atoms with van der Waals surface area (Å²) in [5.74, 6) is -4.03. The molecule has 1 aromatic rings. The molecule has 0 aliphatic carbocycles. The summed E-state index contributed by atoms with van der Waals surface area (Å²) in [4.78, 5) is 0. The smallest absolute Gasteiger partial charge is 0.191 e. The largest absolute Gasteiger partial charge is 0.488 e. The lowest BCUT2D eigenvalue weighted by molar-refractivity contribution is 0.253. The average Bonchev–Trinajstić information content (AvgIpc) is 2.17. The monoisotopic (exact) mass is 220 g/mol. The van der Waals surface area contributed by atoms with Crippen LogP contribution in [0.4, 0.5) is 13.2 Å². The van der Waals surface area contributed by atoms with Crippen LogP contribution in [0.5, 0.6) is 5.75 Å². The van der Waals surface area contributed by atoms with Crippen LogP contribution < -0.4 is 4.74 Å². The van der Waals surface area contributed by atoms with Gasteiger partial charge < -0.3 is 9.84 Å². The van der Waals surface area contributed by atoms with Crippen LogP contribution in [0.25, 0.3) is 0 Å². The van der Waals surface area contributed by atoms with E-state index < -0.39 is 35.4 Å². The van der Waals surface area contributed by atoms with Gasteiger partial charge >= 0.3 is 0 Å². The van der Waals surface area contributed by atoms with Crippen molar-refractivity contribution in [3.05, 3.63) is 29.1 Å². The first-order chi connectivity index (χ1) is 7.11. The van der Waals surface area contributed by atoms with Crippen LogP contribution in [-0.2, 0) is 6.61 Å². The predicted molar refractivity (Wildman–Crippen MR) is 48.0 cm³/mol. The Morgan fingerprint density at radius 1 is 1.27 bits per heavy atom. The molecule has 15 heavy (non-hydrogen) atoms. The van der Waals surface area contributed by atoms with E-state index in [4.69, 9.17) is 9.84 Å². The van der Waals surface area contributed by atoms with Crippen molar-refractivity contribution in [2.75, 3.05) is 6.61 Å². The molecule has 0 aromatic heterocycles. The minimum absolute atomic E-state index is 0.129. The van der Waals surface area contributed by atoms with E-state index in [1.807, 2.05) is 0 Å². The summed E-state index contributed by atoms with van der Waals surface area (Å²) in [5, 5.41) is 8.68. The maximum absolute atomic E-state index is 13.4. The van der Waals surface area contributed by atoms with Gasteiger partial charge in [0.05, 0.1) is 18.8 Å². The van der Waals surface area contributed by atoms with Crippen molar-refractivity contribution in [2.45, 2.75) is 20.0 Å². The van der Waals surface area contributed by atoms with E-state index in [2.05, 4.69) is 0 Å². The van der Waals surface area contributed by atoms with Crippen molar-refractivity contribution in [1.29, 1.82) is 0 Å². The van der Waals surface area contributed by atoms with Crippen LogP contribution in [0.1, 0.15) is 18.9 Å². The molecule has 84 valence electrons. The maximum atomic E-state index is 13.4. The first-order valence-electron chi connectivity index (χ1n) is 4.51. The van der Waals surface area contributed by atoms with Crippen LogP contribution in [0.15, 0.2) is 6.07 Å². The van der Waals surface area contributed by atoms with Crippen LogP contribution in [0.2, 0.25) is 0 Å². The maximum Gasteiger partial charge on any atom is 0.191 e. The molecule has 1 rings (SSSR count). The molecule has 0 unspecified atom stereocenters. The molecule has 0 radical (unpaired) electrons. The summed E-state index contributed by atoms with van der Waals surface area (Å²) in [6.45, 7) is 1.07. The van der Waals surface area contributed by atoms with E-state index in [1.165, 1.54) is 0 Å². The van der Waals surface area contributed by atoms with Gasteiger partial charge in [-0.2, -0.15) is 0 Å². The van der Waals surface area contributed by atoms with Crippen molar-refractivity contribution < 1.29 is 23.0 Å². The molecule has 2 nitrogen and oxygen atoms in total. The highest BCUT2D eigenvalue weighted by Crippen LogP contribution is 2.27. The third kappa shape index (κ3) is 2.41. The first-order valence-corrected chi connectivity index (χ1v) is 4.51. The molecule has 0 aliphatic heterocycles. The molecular weight excluding hydrogens is 209 g/mol. The SMILES string of the molecule is CCCOc1c(F)cc(F)c(CO)c1F. The molecule has 0 amide bonds. The second kappa shape index (κ2) is 5.02. The summed E-state index contributed by atoms with van der Waals surface area (Å²) >= 11 is 0. The van der Waals surface area contributed by atoms with E-state index >= 15 is 0 Å². The van der Waals surface area contributed by atoms with Crippen LogP contribution in [0, 0.1) is 17.5 Å². The Morgan fingerprint density at radius 3 is 2.47 bits per heavy atom. The summed E-state index contributed by atoms with van der Waals surface area (Å²) in [7, 11) is 0. The molecule has 0 saturated heterocycles. The van der Waals surface area contributed by atoms with Gasteiger partial charge in [-0.1, -0.05) is 6.92 Å². The topological polar surface area (TPSA) is 29.5 Å². The number of aliphatic hydroxyl groups is 1. The zero-order valence-corrected chi connectivity index (χ0v) is 8.19. The van der Waals surface area contributed by atoms with E-state index in [0.29, 0.717) is 12.5 Å². The van der Waals surface area contributed by atoms with Gasteiger partial charge in [0.15, 0.2) is 17.4 Å². The Morgan fingerprint density at radius 2 is 1.93 bits per heavy atom. The lowest BCUT2D eigenvalue weighted by atomic mass is 10.2. The second-order valence-corrected chi connectivity index (χ2v) is 2.97. The van der Waals surface area contributed by atoms with Gasteiger partial charge in [0, 0.05) is 6.07 Å². The zero-order valence-electron chi connectivity index (χ0n) is 8.19. The molecule has 0 bridgehead atoms. The Kier molecular flexibility index (Phi) is 3.96. The fourth-order valence-electron chi connectivity index (χ4n) is 1.09. The van der Waals surface area contributed by atoms with Gasteiger partial charge in [-0.05, 0) is 6.42 Å². The highest BCUT2D eigenvalue weighted by Gasteiger charge is 2.19. The van der Waals surface area contributed by atoms with E-state index in [0.717, 1.165) is 0 Å². The summed E-state index contributed by atoms with van der Waals surface area (Å²) in [6, 6.07) is 0.500. The molecule has 1 aromatic carbocycles. The van der Waals surface area contributed by atoms with Gasteiger partial charge in [0.2, 0.25) is 0 Å². The molecule has 0 saturated carbocycles. The predicted octanol–water partition coefficient (Wildman–Crippen LogP) is 2.39. The van der Waals surface area contributed by atoms with Gasteiger partial charge in [0.1, 0.15) is 5.82 Å². The number of rotatable bonds is 4. The standard InChI is InChI=1S/C10H11F3O2/c1-2-3-15-10-8(12)4-7(11)6(5-14)9(10)13/h4,14H,2-3,5H2,1H3. The quantitative estimate of drug-likeness (QED) is 0.844. The van der Waals surface area contributed by atoms with Crippen molar-refractivity contribution in [1.82, 2.24) is 0 Å². The van der Waals surface area contributed by atoms with Crippen LogP contribution >= 0.6 is 0 Å². The minimum atomic E-state index is -1.18. The van der Waals surface area contributed by atoms with Crippen molar-refractivity contribution >= 4 is 0 Å². The highest BCUT2D eigenvalue weighted by molar-refractivity contribution is 5.33. The Bertz CT molecular complexity index is 353.